The fourth-order valence-electron chi connectivity index (χ4n) is 2.80. The lowest BCUT2D eigenvalue weighted by atomic mass is 10.00. The second kappa shape index (κ2) is 7.13. The van der Waals surface area contributed by atoms with Crippen LogP contribution in [0, 0.1) is 24.5 Å². The average molecular weight is 346 g/mol. The van der Waals surface area contributed by atoms with Gasteiger partial charge in [-0.3, -0.25) is 4.79 Å². The second-order valence-electron chi connectivity index (χ2n) is 6.44. The fraction of sp³-hybridized carbons (Fsp3) is 0.389. The molecule has 0 atom stereocenters. The summed E-state index contributed by atoms with van der Waals surface area (Å²) in [7, 11) is 0. The summed E-state index contributed by atoms with van der Waals surface area (Å²) in [4.78, 5) is 23.2. The number of rotatable bonds is 3. The van der Waals surface area contributed by atoms with E-state index in [4.69, 9.17) is 0 Å². The predicted molar refractivity (Wildman–Crippen MR) is 91.7 cm³/mol. The number of benzene rings is 1. The van der Waals surface area contributed by atoms with Gasteiger partial charge in [0.25, 0.3) is 5.91 Å². The molecule has 1 fully saturated rings. The zero-order valence-electron chi connectivity index (χ0n) is 14.2. The molecule has 5 nitrogen and oxygen atoms in total. The third-order valence-electron chi connectivity index (χ3n) is 4.32. The molecule has 1 aliphatic rings. The first-order valence-electron chi connectivity index (χ1n) is 8.29. The monoisotopic (exact) mass is 346 g/mol. The molecule has 132 valence electrons. The number of piperidine rings is 1. The van der Waals surface area contributed by atoms with Crippen LogP contribution in [-0.4, -0.2) is 29.0 Å². The molecule has 0 saturated carbocycles. The number of hydrogen-bond donors (Lipinski definition) is 1. The van der Waals surface area contributed by atoms with Crippen molar-refractivity contribution in [2.24, 2.45) is 5.92 Å². The molecule has 0 spiro atoms. The molecule has 2 aromatic rings. The van der Waals surface area contributed by atoms with Gasteiger partial charge in [-0.2, -0.15) is 0 Å². The first kappa shape index (κ1) is 17.3. The summed E-state index contributed by atoms with van der Waals surface area (Å²) >= 11 is 0. The third-order valence-corrected chi connectivity index (χ3v) is 4.32. The quantitative estimate of drug-likeness (QED) is 0.923. The maximum atomic E-state index is 13.7. The summed E-state index contributed by atoms with van der Waals surface area (Å²) in [5, 5.41) is 2.43. The van der Waals surface area contributed by atoms with Crippen molar-refractivity contribution in [2.75, 3.05) is 23.3 Å². The van der Waals surface area contributed by atoms with E-state index in [2.05, 4.69) is 27.1 Å². The highest BCUT2D eigenvalue weighted by molar-refractivity contribution is 6.03. The number of halogens is 2. The molecule has 0 bridgehead atoms. The molecule has 2 heterocycles. The SMILES string of the molecule is Cc1cc(C(=O)Nc2ccc(F)cc2F)nc(N2CCC(C)CC2)n1. The Kier molecular flexibility index (Phi) is 4.92. The van der Waals surface area contributed by atoms with E-state index in [-0.39, 0.29) is 11.4 Å². The standard InChI is InChI=1S/C18H20F2N4O/c1-11-5-7-24(8-6-11)18-21-12(2)9-16(23-18)17(25)22-15-4-3-13(19)10-14(15)20/h3-4,9-11H,5-8H2,1-2H3,(H,22,25). The van der Waals surface area contributed by atoms with Gasteiger partial charge in [0.2, 0.25) is 5.95 Å². The average Bonchev–Trinajstić information content (AvgIpc) is 2.57. The summed E-state index contributed by atoms with van der Waals surface area (Å²) in [5.74, 6) is -0.899. The fourth-order valence-corrected chi connectivity index (χ4v) is 2.80. The predicted octanol–water partition coefficient (Wildman–Crippen LogP) is 3.55. The van der Waals surface area contributed by atoms with Gasteiger partial charge in [0.1, 0.15) is 17.3 Å². The van der Waals surface area contributed by atoms with Crippen LogP contribution in [-0.2, 0) is 0 Å². The van der Waals surface area contributed by atoms with Gasteiger partial charge < -0.3 is 10.2 Å². The van der Waals surface area contributed by atoms with Crippen LogP contribution in [0.2, 0.25) is 0 Å². The lowest BCUT2D eigenvalue weighted by Crippen LogP contribution is -2.34. The first-order valence-corrected chi connectivity index (χ1v) is 8.29. The molecular weight excluding hydrogens is 326 g/mol. The van der Waals surface area contributed by atoms with Gasteiger partial charge in [-0.1, -0.05) is 6.92 Å². The largest absolute Gasteiger partial charge is 0.341 e. The normalized spacial score (nSPS) is 15.3. The summed E-state index contributed by atoms with van der Waals surface area (Å²) in [6.45, 7) is 5.69. The molecule has 1 aromatic heterocycles. The summed E-state index contributed by atoms with van der Waals surface area (Å²) in [6, 6.07) is 4.54. The summed E-state index contributed by atoms with van der Waals surface area (Å²) in [6.07, 6.45) is 2.11. The molecule has 0 unspecified atom stereocenters. The Labute approximate surface area is 145 Å². The maximum absolute atomic E-state index is 13.7. The van der Waals surface area contributed by atoms with Crippen LogP contribution in [0.25, 0.3) is 0 Å². The molecular formula is C18H20F2N4O. The minimum Gasteiger partial charge on any atom is -0.341 e. The van der Waals surface area contributed by atoms with Gasteiger partial charge in [-0.25, -0.2) is 18.7 Å². The molecule has 0 aliphatic carbocycles. The highest BCUT2D eigenvalue weighted by atomic mass is 19.1. The zero-order valence-corrected chi connectivity index (χ0v) is 14.2. The van der Waals surface area contributed by atoms with E-state index in [9.17, 15) is 13.6 Å². The van der Waals surface area contributed by atoms with Crippen molar-refractivity contribution in [2.45, 2.75) is 26.7 Å². The van der Waals surface area contributed by atoms with Gasteiger partial charge in [0.15, 0.2) is 0 Å². The molecule has 1 saturated heterocycles. The minimum atomic E-state index is -0.829. The van der Waals surface area contributed by atoms with E-state index in [1.54, 1.807) is 13.0 Å². The van der Waals surface area contributed by atoms with E-state index in [1.807, 2.05) is 0 Å². The van der Waals surface area contributed by atoms with Crippen LogP contribution in [0.3, 0.4) is 0 Å². The summed E-state index contributed by atoms with van der Waals surface area (Å²) in [5.41, 5.74) is 0.731. The molecule has 1 N–H and O–H groups in total. The number of aromatic nitrogens is 2. The number of aryl methyl sites for hydroxylation is 1. The van der Waals surface area contributed by atoms with Crippen molar-refractivity contribution in [3.63, 3.8) is 0 Å². The van der Waals surface area contributed by atoms with E-state index < -0.39 is 17.5 Å². The van der Waals surface area contributed by atoms with E-state index in [0.29, 0.717) is 17.6 Å². The zero-order chi connectivity index (χ0) is 18.0. The molecule has 1 aliphatic heterocycles. The van der Waals surface area contributed by atoms with Crippen LogP contribution in [0.4, 0.5) is 20.4 Å². The van der Waals surface area contributed by atoms with Crippen LogP contribution in [0.1, 0.15) is 35.9 Å². The van der Waals surface area contributed by atoms with Gasteiger partial charge in [-0.15, -0.1) is 0 Å². The topological polar surface area (TPSA) is 58.1 Å². The maximum Gasteiger partial charge on any atom is 0.274 e. The second-order valence-corrected chi connectivity index (χ2v) is 6.44. The van der Waals surface area contributed by atoms with Crippen molar-refractivity contribution in [3.8, 4) is 0 Å². The molecule has 7 heteroatoms. The Bertz CT molecular complexity index is 789. The number of nitrogens with zero attached hydrogens (tertiary/aromatic N) is 3. The van der Waals surface area contributed by atoms with Crippen LogP contribution in [0.5, 0.6) is 0 Å². The highest BCUT2D eigenvalue weighted by Crippen LogP contribution is 2.21. The molecule has 25 heavy (non-hydrogen) atoms. The van der Waals surface area contributed by atoms with Crippen LogP contribution < -0.4 is 10.2 Å². The number of amides is 1. The van der Waals surface area contributed by atoms with E-state index in [0.717, 1.165) is 38.1 Å². The van der Waals surface area contributed by atoms with Gasteiger partial charge in [0.05, 0.1) is 5.69 Å². The number of carbonyl (C=O) groups excluding carboxylic acids is 1. The number of carbonyl (C=O) groups is 1. The van der Waals surface area contributed by atoms with Gasteiger partial charge >= 0.3 is 0 Å². The Hall–Kier alpha value is -2.57. The number of anilines is 2. The van der Waals surface area contributed by atoms with Crippen molar-refractivity contribution in [3.05, 3.63) is 47.3 Å². The first-order chi connectivity index (χ1) is 11.9. The Morgan fingerprint density at radius 2 is 1.92 bits per heavy atom. The van der Waals surface area contributed by atoms with Crippen LogP contribution in [0.15, 0.2) is 24.3 Å². The van der Waals surface area contributed by atoms with Gasteiger partial charge in [-0.05, 0) is 43.9 Å². The smallest absolute Gasteiger partial charge is 0.274 e. The van der Waals surface area contributed by atoms with Crippen molar-refractivity contribution in [1.82, 2.24) is 9.97 Å². The molecule has 3 rings (SSSR count). The third kappa shape index (κ3) is 4.10. The number of hydrogen-bond acceptors (Lipinski definition) is 4. The molecule has 0 radical (unpaired) electrons. The summed E-state index contributed by atoms with van der Waals surface area (Å²) < 4.78 is 26.7. The Morgan fingerprint density at radius 3 is 2.60 bits per heavy atom. The van der Waals surface area contributed by atoms with Gasteiger partial charge in [0, 0.05) is 24.8 Å². The van der Waals surface area contributed by atoms with Crippen LogP contribution >= 0.6 is 0 Å². The number of nitrogens with one attached hydrogen (secondary N) is 1. The Morgan fingerprint density at radius 1 is 1.20 bits per heavy atom. The van der Waals surface area contributed by atoms with Crippen molar-refractivity contribution < 1.29 is 13.6 Å². The molecule has 1 amide bonds. The Balaban J connectivity index is 1.80. The van der Waals surface area contributed by atoms with Crippen molar-refractivity contribution >= 4 is 17.5 Å². The lowest BCUT2D eigenvalue weighted by Gasteiger charge is -2.30. The lowest BCUT2D eigenvalue weighted by molar-refractivity contribution is 0.102. The highest BCUT2D eigenvalue weighted by Gasteiger charge is 2.20. The minimum absolute atomic E-state index is 0.0870. The molecule has 1 aromatic carbocycles. The van der Waals surface area contributed by atoms with E-state index >= 15 is 0 Å². The van der Waals surface area contributed by atoms with E-state index in [1.165, 1.54) is 6.07 Å². The van der Waals surface area contributed by atoms with Crippen molar-refractivity contribution in [1.29, 1.82) is 0 Å².